The molecule has 40 heteroatoms. The number of aromatic hydroxyl groups is 1. The van der Waals surface area contributed by atoms with Crippen molar-refractivity contribution >= 4 is 104 Å². The molecule has 1 saturated heterocycles. The van der Waals surface area contributed by atoms with E-state index in [1.165, 1.54) is 43.0 Å². The predicted molar refractivity (Wildman–Crippen MR) is 392 cm³/mol. The maximum Gasteiger partial charge on any atom is 0.314 e. The van der Waals surface area contributed by atoms with Crippen LogP contribution in [-0.4, -0.2) is 305 Å². The number of nitrogens with two attached hydrogens (primary N) is 1. The molecule has 110 heavy (non-hydrogen) atoms. The summed E-state index contributed by atoms with van der Waals surface area (Å²) in [7, 11) is -2.46. The largest absolute Gasteiger partial charge is 0.508 e. The topological polar surface area (TPSA) is 531 Å². The van der Waals surface area contributed by atoms with Crippen LogP contribution in [0.1, 0.15) is 82.5 Å². The van der Waals surface area contributed by atoms with Crippen LogP contribution >= 0.6 is 11.8 Å². The second kappa shape index (κ2) is 46.4. The highest BCUT2D eigenvalue weighted by Gasteiger charge is 2.45. The summed E-state index contributed by atoms with van der Waals surface area (Å²) in [6.45, 7) is 8.06. The van der Waals surface area contributed by atoms with Crippen LogP contribution in [0.25, 0.3) is 10.9 Å². The van der Waals surface area contributed by atoms with Crippen molar-refractivity contribution in [3.63, 3.8) is 0 Å². The van der Waals surface area contributed by atoms with Crippen LogP contribution in [0.5, 0.6) is 5.75 Å². The Hall–Kier alpha value is -8.42. The van der Waals surface area contributed by atoms with E-state index >= 15 is 4.21 Å². The molecule has 1 aromatic carbocycles. The van der Waals surface area contributed by atoms with Crippen LogP contribution in [0.3, 0.4) is 0 Å². The summed E-state index contributed by atoms with van der Waals surface area (Å²) in [5.41, 5.74) is 6.75. The average Bonchev–Trinajstić information content (AvgIpc) is 1.61. The molecule has 3 aromatic rings. The maximum atomic E-state index is 15.3. The van der Waals surface area contributed by atoms with Crippen molar-refractivity contribution < 1.29 is 115 Å². The number of aromatic amines is 1. The Morgan fingerprint density at radius 1 is 0.755 bits per heavy atom. The van der Waals surface area contributed by atoms with Crippen molar-refractivity contribution in [2.75, 3.05) is 143 Å². The Morgan fingerprint density at radius 2 is 1.37 bits per heavy atom. The summed E-state index contributed by atoms with van der Waals surface area (Å²) in [6.07, 6.45) is -0.295. The summed E-state index contributed by atoms with van der Waals surface area (Å²) in [5.74, 6) is -13.9. The van der Waals surface area contributed by atoms with E-state index in [4.69, 9.17) is 38.9 Å². The van der Waals surface area contributed by atoms with Gasteiger partial charge in [0.1, 0.15) is 34.6 Å². The van der Waals surface area contributed by atoms with Crippen LogP contribution in [-0.2, 0) is 122 Å². The molecule has 2 bridgehead atoms. The first kappa shape index (κ1) is 88.8. The van der Waals surface area contributed by atoms with Gasteiger partial charge >= 0.3 is 6.03 Å². The Kier molecular flexibility index (Phi) is 37.5. The van der Waals surface area contributed by atoms with Gasteiger partial charge in [-0.1, -0.05) is 32.4 Å². The number of rotatable bonds is 40. The molecule has 11 atom stereocenters. The van der Waals surface area contributed by atoms with Gasteiger partial charge in [-0.05, 0) is 48.6 Å². The first-order valence-electron chi connectivity index (χ1n) is 36.7. The molecule has 14 N–H and O–H groups in total. The third-order valence-electron chi connectivity index (χ3n) is 18.7. The standard InChI is InChI=1S/C70H104N14O24S2/c1-4-42(2)49-31-46(86)34-74-64(95)44-29-50-48-7-8-55(88)51(40-109-28-6-5-11-72-70(100)73-12-14-102-16-18-104-20-22-106-24-26-108-27-25-107-23-21-105-19-17-103-15-13-82-36-45(80-81-82)37-84-60(93)9-10-61(84)94)63(48)79-68(50)110(101)41-53(76-59(92)35-75-65(49)96)66(97)77-52(33-58(71)91)69(99)83-38-47(87)32-54(83)67(98)78-62(56(89)30-44)43(3)57(90)39-85/h7-10,36,42-44,47,49,52-54,57,62,79,85,87-88,90H,4-6,11-35,37-41H2,1-3H3,(H2,71,91)(H,74,95)(H,75,96)(H,76,92)(H,77,97)(H,78,98)(H2,72,73,100)/t42-,43-,44+,47+,49-,52-,53-,54-,57-,62-,110?/m0/s1. The second-order valence-electron chi connectivity index (χ2n) is 26.8. The zero-order valence-corrected chi connectivity index (χ0v) is 63.7. The monoisotopic (exact) mass is 1590 g/mol. The number of unbranched alkanes of at least 4 members (excludes halogenated alkanes) is 1. The summed E-state index contributed by atoms with van der Waals surface area (Å²) in [6, 6.07) is -4.59. The Labute approximate surface area is 641 Å². The van der Waals surface area contributed by atoms with E-state index in [9.17, 15) is 78.0 Å². The number of phenolic OH excluding ortho intramolecular Hbond substituents is 1. The molecule has 1 unspecified atom stereocenters. The molecular weight excluding hydrogens is 1480 g/mol. The van der Waals surface area contributed by atoms with Crippen LogP contribution in [0, 0.1) is 23.7 Å². The molecule has 0 aliphatic carbocycles. The summed E-state index contributed by atoms with van der Waals surface area (Å²) in [4.78, 5) is 169. The van der Waals surface area contributed by atoms with E-state index in [-0.39, 0.29) is 64.5 Å². The molecule has 4 aliphatic heterocycles. The minimum atomic E-state index is -2.46. The van der Waals surface area contributed by atoms with Crippen LogP contribution < -0.4 is 43.0 Å². The number of Topliss-reactive ketones (excluding diaryl/α,β-unsaturated/α-hetero) is 2. The number of ketones is 2. The Balaban J connectivity index is 0.868. The molecular formula is C70H104N14O24S2. The smallest absolute Gasteiger partial charge is 0.314 e. The minimum Gasteiger partial charge on any atom is -0.508 e. The van der Waals surface area contributed by atoms with Gasteiger partial charge in [0, 0.05) is 85.5 Å². The van der Waals surface area contributed by atoms with Crippen molar-refractivity contribution in [1.29, 1.82) is 0 Å². The summed E-state index contributed by atoms with van der Waals surface area (Å²) >= 11 is 1.40. The van der Waals surface area contributed by atoms with Gasteiger partial charge < -0.3 is 106 Å². The number of H-pyrrole nitrogens is 1. The summed E-state index contributed by atoms with van der Waals surface area (Å²) in [5, 5.41) is 69.7. The highest BCUT2D eigenvalue weighted by atomic mass is 32.2. The lowest BCUT2D eigenvalue weighted by atomic mass is 9.85. The van der Waals surface area contributed by atoms with Crippen molar-refractivity contribution in [1.82, 2.24) is 67.0 Å². The van der Waals surface area contributed by atoms with Crippen molar-refractivity contribution in [2.24, 2.45) is 29.4 Å². The molecule has 7 rings (SSSR count). The number of aliphatic hydroxyl groups excluding tert-OH is 3. The number of carbonyl (C=O) groups excluding carboxylic acids is 12. The maximum absolute atomic E-state index is 15.3. The molecule has 6 heterocycles. The molecule has 0 radical (unpaired) electrons. The third kappa shape index (κ3) is 28.1. The number of primary amides is 1. The number of phenols is 1. The molecule has 38 nitrogen and oxygen atoms in total. The fourth-order valence-corrected chi connectivity index (χ4v) is 14.8. The predicted octanol–water partition coefficient (Wildman–Crippen LogP) is -3.59. The Bertz CT molecular complexity index is 3660. The number of hydrogen-bond donors (Lipinski definition) is 13. The number of nitrogens with one attached hydrogen (secondary N) is 8. The molecule has 610 valence electrons. The number of imide groups is 1. The van der Waals surface area contributed by atoms with Gasteiger partial charge in [0.05, 0.1) is 178 Å². The molecule has 1 fully saturated rings. The fraction of sp³-hybridized carbons (Fsp3) is 0.657. The highest BCUT2D eigenvalue weighted by molar-refractivity contribution is 7.98. The fourth-order valence-electron chi connectivity index (χ4n) is 12.4. The zero-order chi connectivity index (χ0) is 79.7. The zero-order valence-electron chi connectivity index (χ0n) is 62.1. The summed E-state index contributed by atoms with van der Waals surface area (Å²) < 4.78 is 55.7. The van der Waals surface area contributed by atoms with E-state index in [1.54, 1.807) is 24.7 Å². The minimum absolute atomic E-state index is 0.0563. The number of amides is 11. The van der Waals surface area contributed by atoms with Gasteiger partial charge in [0.15, 0.2) is 11.6 Å². The number of ether oxygens (including phenoxy) is 7. The first-order valence-corrected chi connectivity index (χ1v) is 39.2. The van der Waals surface area contributed by atoms with Crippen LogP contribution in [0.4, 0.5) is 4.79 Å². The lowest BCUT2D eigenvalue weighted by Crippen LogP contribution is -2.60. The van der Waals surface area contributed by atoms with E-state index in [0.717, 1.165) is 9.80 Å². The second-order valence-corrected chi connectivity index (χ2v) is 29.4. The average molecular weight is 1590 g/mol. The van der Waals surface area contributed by atoms with Gasteiger partial charge in [0.2, 0.25) is 41.4 Å². The van der Waals surface area contributed by atoms with Gasteiger partial charge in [0.25, 0.3) is 11.8 Å². The number of aromatic nitrogens is 4. The third-order valence-corrected chi connectivity index (χ3v) is 21.2. The lowest BCUT2D eigenvalue weighted by molar-refractivity contribution is -0.144. The van der Waals surface area contributed by atoms with E-state index in [1.807, 2.05) is 0 Å². The molecule has 0 spiro atoms. The quantitative estimate of drug-likeness (QED) is 0.0193. The van der Waals surface area contributed by atoms with E-state index in [2.05, 4.69) is 52.5 Å². The molecule has 2 aromatic heterocycles. The Morgan fingerprint density at radius 3 is 2.00 bits per heavy atom. The van der Waals surface area contributed by atoms with Gasteiger partial charge in [-0.25, -0.2) is 9.48 Å². The van der Waals surface area contributed by atoms with Crippen molar-refractivity contribution in [3.8, 4) is 5.75 Å². The first-order chi connectivity index (χ1) is 52.9. The van der Waals surface area contributed by atoms with Crippen molar-refractivity contribution in [2.45, 2.75) is 132 Å². The molecule has 0 saturated carbocycles. The lowest BCUT2D eigenvalue weighted by Gasteiger charge is -2.32. The number of hydrogen-bond acceptors (Lipinski definition) is 27. The normalized spacial score (nSPS) is 22.3. The SMILES string of the molecule is CC[C@H](C)[C@@H]1CC(=O)CNC(=O)[C@H]2CC(=O)[C@H]([C@@H](C)[C@@H](O)CO)NC(=O)[C@@H]3C[C@@H](O)CN3C(=O)[C@H](CC(N)=O)NC(=O)[C@H](CS(=O)c3[nH]c4c(CSCCCCNC(=O)NCCOCCOCCOCCOCCOCCOCCOCCn5cc(CN6C(=O)C=CC6=O)nn5)c(O)ccc4c3C2)NC(=O)CNC1=O. The number of carbonyl (C=O) groups is 12. The number of aliphatic hydroxyl groups is 3. The van der Waals surface area contributed by atoms with Crippen molar-refractivity contribution in [3.05, 3.63) is 47.3 Å². The number of nitrogens with zero attached hydrogens (tertiary/aromatic N) is 5. The van der Waals surface area contributed by atoms with Gasteiger partial charge in [-0.15, -0.1) is 5.10 Å². The number of thioether (sulfide) groups is 1. The van der Waals surface area contributed by atoms with E-state index in [0.29, 0.717) is 135 Å². The molecule has 11 amide bonds. The number of fused-ring (bicyclic) bond motifs is 5. The van der Waals surface area contributed by atoms with Gasteiger partial charge in [-0.3, -0.25) is 61.8 Å². The van der Waals surface area contributed by atoms with Crippen LogP contribution in [0.2, 0.25) is 0 Å². The number of urea groups is 1. The van der Waals surface area contributed by atoms with Crippen LogP contribution in [0.15, 0.2) is 35.5 Å². The highest BCUT2D eigenvalue weighted by Crippen LogP contribution is 2.37. The van der Waals surface area contributed by atoms with Gasteiger partial charge in [-0.2, -0.15) is 11.8 Å². The number of benzene rings is 1. The van der Waals surface area contributed by atoms with E-state index < -0.39 is 194 Å². The molecule has 4 aliphatic rings.